The molecule has 0 aliphatic carbocycles. The van der Waals surface area contributed by atoms with Crippen molar-refractivity contribution >= 4 is 11.6 Å². The number of nitrogens with one attached hydrogen (secondary N) is 1. The van der Waals surface area contributed by atoms with Crippen LogP contribution in [0.25, 0.3) is 11.3 Å². The third kappa shape index (κ3) is 4.15. The van der Waals surface area contributed by atoms with Gasteiger partial charge in [0.2, 0.25) is 5.91 Å². The molecule has 128 valence electrons. The Morgan fingerprint density at radius 1 is 1.08 bits per heavy atom. The zero-order valence-corrected chi connectivity index (χ0v) is 14.8. The number of anilines is 1. The molecule has 2 aromatic carbocycles. The first-order chi connectivity index (χ1) is 12.0. The normalized spacial score (nSPS) is 10.7. The largest absolute Gasteiger partial charge is 0.441 e. The van der Waals surface area contributed by atoms with E-state index in [0.29, 0.717) is 18.7 Å². The summed E-state index contributed by atoms with van der Waals surface area (Å²) in [5, 5.41) is 2.96. The van der Waals surface area contributed by atoms with E-state index in [2.05, 4.69) is 10.3 Å². The number of nitrogens with zero attached hydrogens (tertiary/aromatic N) is 1. The van der Waals surface area contributed by atoms with Crippen molar-refractivity contribution in [3.8, 4) is 11.3 Å². The first-order valence-corrected chi connectivity index (χ1v) is 8.41. The monoisotopic (exact) mass is 334 g/mol. The van der Waals surface area contributed by atoms with Gasteiger partial charge in [0.25, 0.3) is 0 Å². The Kier molecular flexibility index (Phi) is 4.98. The summed E-state index contributed by atoms with van der Waals surface area (Å²) >= 11 is 0. The summed E-state index contributed by atoms with van der Waals surface area (Å²) in [6.45, 7) is 6.08. The Morgan fingerprint density at radius 2 is 1.84 bits per heavy atom. The molecular formula is C21H22N2O2. The summed E-state index contributed by atoms with van der Waals surface area (Å²) in [5.74, 6) is 1.26. The van der Waals surface area contributed by atoms with E-state index in [1.54, 1.807) is 6.20 Å². The quantitative estimate of drug-likeness (QED) is 0.726. The molecule has 0 saturated heterocycles. The fourth-order valence-corrected chi connectivity index (χ4v) is 2.60. The van der Waals surface area contributed by atoms with Gasteiger partial charge in [-0.25, -0.2) is 4.98 Å². The standard InChI is InChI=1S/C21H22N2O2/c1-14-7-9-17(10-8-14)19-13-22-21(25-19)12-11-20(24)23-18-6-4-5-15(2)16(18)3/h4-10,13H,11-12H2,1-3H3,(H,23,24). The number of amides is 1. The Balaban J connectivity index is 1.59. The van der Waals surface area contributed by atoms with E-state index in [1.807, 2.05) is 63.2 Å². The Morgan fingerprint density at radius 3 is 2.60 bits per heavy atom. The lowest BCUT2D eigenvalue weighted by atomic mass is 10.1. The molecule has 0 spiro atoms. The minimum Gasteiger partial charge on any atom is -0.441 e. The minimum absolute atomic E-state index is 0.0382. The van der Waals surface area contributed by atoms with Gasteiger partial charge >= 0.3 is 0 Å². The number of hydrogen-bond acceptors (Lipinski definition) is 3. The predicted octanol–water partition coefficient (Wildman–Crippen LogP) is 4.84. The topological polar surface area (TPSA) is 55.1 Å². The van der Waals surface area contributed by atoms with Crippen molar-refractivity contribution in [2.75, 3.05) is 5.32 Å². The molecule has 1 aromatic heterocycles. The molecule has 3 aromatic rings. The first kappa shape index (κ1) is 17.0. The van der Waals surface area contributed by atoms with Gasteiger partial charge in [-0.05, 0) is 38.0 Å². The average Bonchev–Trinajstić information content (AvgIpc) is 3.07. The molecule has 1 amide bonds. The Hall–Kier alpha value is -2.88. The lowest BCUT2D eigenvalue weighted by Crippen LogP contribution is -2.13. The summed E-state index contributed by atoms with van der Waals surface area (Å²) in [5.41, 5.74) is 5.30. The first-order valence-electron chi connectivity index (χ1n) is 8.41. The highest BCUT2D eigenvalue weighted by molar-refractivity contribution is 5.91. The third-order valence-corrected chi connectivity index (χ3v) is 4.33. The molecule has 0 unspecified atom stereocenters. The molecule has 3 rings (SSSR count). The molecular weight excluding hydrogens is 312 g/mol. The van der Waals surface area contributed by atoms with Gasteiger partial charge in [-0.1, -0.05) is 42.0 Å². The van der Waals surface area contributed by atoms with E-state index < -0.39 is 0 Å². The van der Waals surface area contributed by atoms with Gasteiger partial charge in [-0.3, -0.25) is 4.79 Å². The van der Waals surface area contributed by atoms with E-state index in [1.165, 1.54) is 5.56 Å². The minimum atomic E-state index is -0.0382. The Labute approximate surface area is 147 Å². The number of hydrogen-bond donors (Lipinski definition) is 1. The van der Waals surface area contributed by atoms with Gasteiger partial charge < -0.3 is 9.73 Å². The molecule has 0 fully saturated rings. The molecule has 4 heteroatoms. The van der Waals surface area contributed by atoms with Crippen LogP contribution >= 0.6 is 0 Å². The summed E-state index contributed by atoms with van der Waals surface area (Å²) in [6.07, 6.45) is 2.52. The zero-order chi connectivity index (χ0) is 17.8. The van der Waals surface area contributed by atoms with E-state index >= 15 is 0 Å². The summed E-state index contributed by atoms with van der Waals surface area (Å²) in [6, 6.07) is 14.0. The smallest absolute Gasteiger partial charge is 0.224 e. The maximum atomic E-state index is 12.2. The van der Waals surface area contributed by atoms with Crippen LogP contribution in [0.2, 0.25) is 0 Å². The van der Waals surface area contributed by atoms with E-state index in [4.69, 9.17) is 4.42 Å². The molecule has 0 aliphatic heterocycles. The third-order valence-electron chi connectivity index (χ3n) is 4.33. The SMILES string of the molecule is Cc1ccc(-c2cnc(CCC(=O)Nc3cccc(C)c3C)o2)cc1. The van der Waals surface area contributed by atoms with Crippen molar-refractivity contribution in [1.29, 1.82) is 0 Å². The zero-order valence-electron chi connectivity index (χ0n) is 14.8. The van der Waals surface area contributed by atoms with E-state index in [9.17, 15) is 4.79 Å². The van der Waals surface area contributed by atoms with Crippen LogP contribution in [0.1, 0.15) is 29.0 Å². The maximum Gasteiger partial charge on any atom is 0.224 e. The second-order valence-corrected chi connectivity index (χ2v) is 6.28. The summed E-state index contributed by atoms with van der Waals surface area (Å²) < 4.78 is 5.76. The fourth-order valence-electron chi connectivity index (χ4n) is 2.60. The molecule has 0 radical (unpaired) electrons. The van der Waals surface area contributed by atoms with E-state index in [-0.39, 0.29) is 5.91 Å². The van der Waals surface area contributed by atoms with Crippen LogP contribution in [-0.2, 0) is 11.2 Å². The van der Waals surface area contributed by atoms with Gasteiger partial charge in [0.1, 0.15) is 0 Å². The lowest BCUT2D eigenvalue weighted by Gasteiger charge is -2.09. The molecule has 4 nitrogen and oxygen atoms in total. The van der Waals surface area contributed by atoms with Gasteiger partial charge in [0, 0.05) is 24.1 Å². The molecule has 0 atom stereocenters. The molecule has 1 N–H and O–H groups in total. The summed E-state index contributed by atoms with van der Waals surface area (Å²) in [7, 11) is 0. The molecule has 0 aliphatic rings. The van der Waals surface area contributed by atoms with Gasteiger partial charge in [0.05, 0.1) is 6.20 Å². The van der Waals surface area contributed by atoms with Crippen LogP contribution in [0.3, 0.4) is 0 Å². The van der Waals surface area contributed by atoms with Gasteiger partial charge in [0.15, 0.2) is 11.7 Å². The number of oxazole rings is 1. The fraction of sp³-hybridized carbons (Fsp3) is 0.238. The summed E-state index contributed by atoms with van der Waals surface area (Å²) in [4.78, 5) is 16.5. The second-order valence-electron chi connectivity index (χ2n) is 6.28. The number of aromatic nitrogens is 1. The molecule has 25 heavy (non-hydrogen) atoms. The van der Waals surface area contributed by atoms with Gasteiger partial charge in [-0.15, -0.1) is 0 Å². The highest BCUT2D eigenvalue weighted by atomic mass is 16.4. The number of carbonyl (C=O) groups excluding carboxylic acids is 1. The van der Waals surface area contributed by atoms with Crippen molar-refractivity contribution < 1.29 is 9.21 Å². The van der Waals surface area contributed by atoms with Crippen molar-refractivity contribution in [2.24, 2.45) is 0 Å². The van der Waals surface area contributed by atoms with Crippen molar-refractivity contribution in [1.82, 2.24) is 4.98 Å². The van der Waals surface area contributed by atoms with Crippen LogP contribution in [0.4, 0.5) is 5.69 Å². The number of carbonyl (C=O) groups is 1. The highest BCUT2D eigenvalue weighted by Gasteiger charge is 2.10. The average molecular weight is 334 g/mol. The number of rotatable bonds is 5. The molecule has 0 bridgehead atoms. The van der Waals surface area contributed by atoms with Crippen LogP contribution in [0, 0.1) is 20.8 Å². The van der Waals surface area contributed by atoms with Crippen LogP contribution in [0.15, 0.2) is 53.1 Å². The predicted molar refractivity (Wildman–Crippen MR) is 99.5 cm³/mol. The molecule has 1 heterocycles. The van der Waals surface area contributed by atoms with Crippen LogP contribution in [-0.4, -0.2) is 10.9 Å². The highest BCUT2D eigenvalue weighted by Crippen LogP contribution is 2.22. The van der Waals surface area contributed by atoms with Crippen molar-refractivity contribution in [2.45, 2.75) is 33.6 Å². The van der Waals surface area contributed by atoms with Gasteiger partial charge in [-0.2, -0.15) is 0 Å². The van der Waals surface area contributed by atoms with E-state index in [0.717, 1.165) is 28.1 Å². The maximum absolute atomic E-state index is 12.2. The number of aryl methyl sites for hydroxylation is 3. The van der Waals surface area contributed by atoms with Crippen LogP contribution < -0.4 is 5.32 Å². The van der Waals surface area contributed by atoms with Crippen molar-refractivity contribution in [3.63, 3.8) is 0 Å². The molecule has 0 saturated carbocycles. The number of benzene rings is 2. The lowest BCUT2D eigenvalue weighted by molar-refractivity contribution is -0.116. The Bertz CT molecular complexity index is 879. The van der Waals surface area contributed by atoms with Crippen molar-refractivity contribution in [3.05, 3.63) is 71.2 Å². The van der Waals surface area contributed by atoms with Crippen LogP contribution in [0.5, 0.6) is 0 Å². The second kappa shape index (κ2) is 7.34.